The Balaban J connectivity index is 2.25. The second-order valence-electron chi connectivity index (χ2n) is 5.57. The molecule has 0 aromatic heterocycles. The summed E-state index contributed by atoms with van der Waals surface area (Å²) < 4.78 is 0. The normalized spacial score (nSPS) is 11.3. The fraction of sp³-hybridized carbons (Fsp3) is 0.278. The van der Waals surface area contributed by atoms with E-state index in [1.807, 2.05) is 13.8 Å². The molecule has 0 spiro atoms. The van der Waals surface area contributed by atoms with Gasteiger partial charge in [0.05, 0.1) is 11.5 Å². The Bertz CT molecular complexity index is 530. The van der Waals surface area contributed by atoms with Crippen molar-refractivity contribution in [1.82, 2.24) is 0 Å². The smallest absolute Gasteiger partial charge is 0.0684 e. The fourth-order valence-corrected chi connectivity index (χ4v) is 4.73. The predicted molar refractivity (Wildman–Crippen MR) is 88.0 cm³/mol. The maximum atomic E-state index is 9.21. The molecule has 0 aliphatic heterocycles. The second kappa shape index (κ2) is 6.69. The first kappa shape index (κ1) is 14.8. The van der Waals surface area contributed by atoms with E-state index in [2.05, 4.69) is 66.7 Å². The van der Waals surface area contributed by atoms with Crippen LogP contribution in [0.2, 0.25) is 0 Å². The van der Waals surface area contributed by atoms with Crippen molar-refractivity contribution < 1.29 is 0 Å². The molecule has 0 aliphatic carbocycles. The van der Waals surface area contributed by atoms with Gasteiger partial charge in [0.1, 0.15) is 0 Å². The Labute approximate surface area is 123 Å². The van der Waals surface area contributed by atoms with Crippen LogP contribution in [0.15, 0.2) is 60.7 Å². The molecule has 0 heterocycles. The van der Waals surface area contributed by atoms with Crippen LogP contribution in [0.5, 0.6) is 0 Å². The lowest BCUT2D eigenvalue weighted by Gasteiger charge is -2.22. The van der Waals surface area contributed by atoms with Crippen LogP contribution in [0.1, 0.15) is 20.3 Å². The highest BCUT2D eigenvalue weighted by molar-refractivity contribution is 7.73. The van der Waals surface area contributed by atoms with Gasteiger partial charge in [-0.05, 0) is 45.0 Å². The van der Waals surface area contributed by atoms with Gasteiger partial charge in [0, 0.05) is 0 Å². The number of hydrogen-bond donors (Lipinski definition) is 0. The average Bonchev–Trinajstić information content (AvgIpc) is 2.49. The molecule has 0 aliphatic rings. The number of hydrogen-bond acceptors (Lipinski definition) is 1. The minimum atomic E-state index is -0.372. The molecule has 0 fully saturated rings. The van der Waals surface area contributed by atoms with Gasteiger partial charge in [-0.3, -0.25) is 0 Å². The number of nitriles is 1. The van der Waals surface area contributed by atoms with Crippen molar-refractivity contribution in [1.29, 1.82) is 5.26 Å². The van der Waals surface area contributed by atoms with Crippen LogP contribution >= 0.6 is 7.92 Å². The third kappa shape index (κ3) is 3.92. The van der Waals surface area contributed by atoms with Gasteiger partial charge in [0.2, 0.25) is 0 Å². The summed E-state index contributed by atoms with van der Waals surface area (Å²) in [7, 11) is -0.372. The highest BCUT2D eigenvalue weighted by atomic mass is 31.1. The predicted octanol–water partition coefficient (Wildman–Crippen LogP) is 4.06. The lowest BCUT2D eigenvalue weighted by atomic mass is 9.93. The van der Waals surface area contributed by atoms with Crippen LogP contribution in [0.4, 0.5) is 0 Å². The van der Waals surface area contributed by atoms with E-state index in [4.69, 9.17) is 0 Å². The lowest BCUT2D eigenvalue weighted by Crippen LogP contribution is -2.18. The van der Waals surface area contributed by atoms with Gasteiger partial charge in [-0.1, -0.05) is 60.7 Å². The molecule has 0 saturated carbocycles. The van der Waals surface area contributed by atoms with Crippen LogP contribution in [0.3, 0.4) is 0 Å². The Morgan fingerprint density at radius 2 is 1.35 bits per heavy atom. The van der Waals surface area contributed by atoms with Crippen molar-refractivity contribution in [3.05, 3.63) is 60.7 Å². The number of nitrogens with zero attached hydrogens (tertiary/aromatic N) is 1. The zero-order chi connectivity index (χ0) is 14.4. The minimum Gasteiger partial charge on any atom is -0.198 e. The van der Waals surface area contributed by atoms with E-state index in [0.29, 0.717) is 0 Å². The first-order chi connectivity index (χ1) is 9.62. The monoisotopic (exact) mass is 281 g/mol. The van der Waals surface area contributed by atoms with Gasteiger partial charge < -0.3 is 0 Å². The van der Waals surface area contributed by atoms with Crippen molar-refractivity contribution in [2.75, 3.05) is 6.16 Å². The Morgan fingerprint density at radius 1 is 0.900 bits per heavy atom. The molecule has 0 amide bonds. The van der Waals surface area contributed by atoms with Gasteiger partial charge in [-0.2, -0.15) is 5.26 Å². The maximum absolute atomic E-state index is 9.21. The molecule has 0 saturated heterocycles. The first-order valence-electron chi connectivity index (χ1n) is 6.91. The first-order valence-corrected chi connectivity index (χ1v) is 8.44. The van der Waals surface area contributed by atoms with Crippen molar-refractivity contribution in [2.24, 2.45) is 5.41 Å². The van der Waals surface area contributed by atoms with Gasteiger partial charge >= 0.3 is 0 Å². The van der Waals surface area contributed by atoms with E-state index in [-0.39, 0.29) is 13.3 Å². The molecule has 0 radical (unpaired) electrons. The Kier molecular flexibility index (Phi) is 4.94. The van der Waals surface area contributed by atoms with Gasteiger partial charge in [-0.25, -0.2) is 0 Å². The summed E-state index contributed by atoms with van der Waals surface area (Å²) in [5, 5.41) is 12.0. The topological polar surface area (TPSA) is 23.8 Å². The van der Waals surface area contributed by atoms with Crippen LogP contribution in [-0.2, 0) is 0 Å². The number of rotatable bonds is 5. The van der Waals surface area contributed by atoms with Crippen LogP contribution < -0.4 is 10.6 Å². The van der Waals surface area contributed by atoms with E-state index >= 15 is 0 Å². The average molecular weight is 281 g/mol. The highest BCUT2D eigenvalue weighted by Gasteiger charge is 2.21. The van der Waals surface area contributed by atoms with Crippen molar-refractivity contribution in [3.63, 3.8) is 0 Å². The van der Waals surface area contributed by atoms with Gasteiger partial charge in [0.25, 0.3) is 0 Å². The van der Waals surface area contributed by atoms with E-state index in [0.717, 1.165) is 12.6 Å². The Morgan fingerprint density at radius 3 is 1.75 bits per heavy atom. The zero-order valence-corrected chi connectivity index (χ0v) is 13.0. The third-order valence-electron chi connectivity index (χ3n) is 3.40. The van der Waals surface area contributed by atoms with E-state index in [1.54, 1.807) is 0 Å². The quantitative estimate of drug-likeness (QED) is 0.758. The van der Waals surface area contributed by atoms with Crippen molar-refractivity contribution >= 4 is 18.5 Å². The standard InChI is InChI=1S/C18H20NP/c1-18(2,15-19)13-14-20(16-9-5-3-6-10-16)17-11-7-4-8-12-17/h3-12H,13-14H2,1-2H3. The molecule has 2 heteroatoms. The van der Waals surface area contributed by atoms with E-state index in [9.17, 15) is 5.26 Å². The van der Waals surface area contributed by atoms with Gasteiger partial charge in [0.15, 0.2) is 0 Å². The SMILES string of the molecule is CC(C)(C#N)CCP(c1ccccc1)c1ccccc1. The summed E-state index contributed by atoms with van der Waals surface area (Å²) in [4.78, 5) is 0. The Hall–Kier alpha value is -1.64. The van der Waals surface area contributed by atoms with Crippen molar-refractivity contribution in [2.45, 2.75) is 20.3 Å². The molecule has 0 unspecified atom stereocenters. The molecule has 1 nitrogen and oxygen atoms in total. The molecule has 2 rings (SSSR count). The molecule has 102 valence electrons. The molecule has 2 aromatic rings. The summed E-state index contributed by atoms with van der Waals surface area (Å²) in [5.41, 5.74) is -0.246. The molecular weight excluding hydrogens is 261 g/mol. The second-order valence-corrected chi connectivity index (χ2v) is 7.90. The summed E-state index contributed by atoms with van der Waals surface area (Å²) in [6, 6.07) is 23.8. The summed E-state index contributed by atoms with van der Waals surface area (Å²) >= 11 is 0. The van der Waals surface area contributed by atoms with Crippen molar-refractivity contribution in [3.8, 4) is 6.07 Å². The molecule has 0 N–H and O–H groups in total. The minimum absolute atomic E-state index is 0.246. The molecule has 0 bridgehead atoms. The third-order valence-corrected chi connectivity index (χ3v) is 5.91. The van der Waals surface area contributed by atoms with E-state index < -0.39 is 0 Å². The zero-order valence-electron chi connectivity index (χ0n) is 12.1. The van der Waals surface area contributed by atoms with Crippen LogP contribution in [-0.4, -0.2) is 6.16 Å². The highest BCUT2D eigenvalue weighted by Crippen LogP contribution is 2.37. The van der Waals surface area contributed by atoms with Gasteiger partial charge in [-0.15, -0.1) is 0 Å². The molecule has 2 aromatic carbocycles. The van der Waals surface area contributed by atoms with Crippen LogP contribution in [0.25, 0.3) is 0 Å². The number of benzene rings is 2. The van der Waals surface area contributed by atoms with E-state index in [1.165, 1.54) is 10.6 Å². The molecule has 20 heavy (non-hydrogen) atoms. The summed E-state index contributed by atoms with van der Waals surface area (Å²) in [6.07, 6.45) is 1.99. The summed E-state index contributed by atoms with van der Waals surface area (Å²) in [5.74, 6) is 0. The fourth-order valence-electron chi connectivity index (χ4n) is 2.07. The summed E-state index contributed by atoms with van der Waals surface area (Å²) in [6.45, 7) is 4.05. The maximum Gasteiger partial charge on any atom is 0.0684 e. The van der Waals surface area contributed by atoms with Crippen LogP contribution in [0, 0.1) is 16.7 Å². The largest absolute Gasteiger partial charge is 0.198 e. The molecular formula is C18H20NP. The molecule has 0 atom stereocenters. The lowest BCUT2D eigenvalue weighted by molar-refractivity contribution is 0.481.